The Morgan fingerprint density at radius 1 is 1.06 bits per heavy atom. The van der Waals surface area contributed by atoms with Gasteiger partial charge >= 0.3 is 12.1 Å². The second-order valence-electron chi connectivity index (χ2n) is 10.1. The average Bonchev–Trinajstić information content (AvgIpc) is 3.24. The third-order valence-electron chi connectivity index (χ3n) is 7.66. The molecule has 0 bridgehead atoms. The fourth-order valence-electron chi connectivity index (χ4n) is 5.91. The van der Waals surface area contributed by atoms with E-state index >= 15 is 0 Å². The SMILES string of the molecule is CC(CNC(=O)[C@@]12C[C@@H](NC(=O)OCC3c4ccccc4-c4ccccc43)C[C@@H]1C2)CC(=O)O. The van der Waals surface area contributed by atoms with Gasteiger partial charge in [-0.25, -0.2) is 4.79 Å². The van der Waals surface area contributed by atoms with Crippen molar-refractivity contribution in [2.45, 2.75) is 44.6 Å². The van der Waals surface area contributed by atoms with Crippen LogP contribution < -0.4 is 10.6 Å². The highest BCUT2D eigenvalue weighted by molar-refractivity contribution is 5.87. The van der Waals surface area contributed by atoms with E-state index < -0.39 is 17.5 Å². The van der Waals surface area contributed by atoms with Crippen LogP contribution in [-0.2, 0) is 14.3 Å². The van der Waals surface area contributed by atoms with Crippen molar-refractivity contribution in [3.05, 3.63) is 59.7 Å². The smallest absolute Gasteiger partial charge is 0.407 e. The van der Waals surface area contributed by atoms with Crippen molar-refractivity contribution in [3.8, 4) is 11.1 Å². The van der Waals surface area contributed by atoms with E-state index in [2.05, 4.69) is 34.9 Å². The van der Waals surface area contributed by atoms with E-state index in [0.29, 0.717) is 13.0 Å². The number of carboxylic acid groups (broad SMARTS) is 1. The highest BCUT2D eigenvalue weighted by Crippen LogP contribution is 2.63. The molecule has 3 N–H and O–H groups in total. The lowest BCUT2D eigenvalue weighted by molar-refractivity contribution is -0.138. The first-order chi connectivity index (χ1) is 16.4. The minimum atomic E-state index is -0.863. The molecule has 2 amide bonds. The first-order valence-electron chi connectivity index (χ1n) is 12.0. The number of aliphatic carboxylic acids is 1. The molecular weight excluding hydrogens is 432 g/mol. The molecule has 7 nitrogen and oxygen atoms in total. The van der Waals surface area contributed by atoms with Crippen LogP contribution in [-0.4, -0.2) is 42.3 Å². The Morgan fingerprint density at radius 2 is 1.71 bits per heavy atom. The summed E-state index contributed by atoms with van der Waals surface area (Å²) >= 11 is 0. The predicted octanol–water partition coefficient (Wildman–Crippen LogP) is 3.92. The summed E-state index contributed by atoms with van der Waals surface area (Å²) in [7, 11) is 0. The first-order valence-corrected chi connectivity index (χ1v) is 12.0. The van der Waals surface area contributed by atoms with Gasteiger partial charge < -0.3 is 20.5 Å². The van der Waals surface area contributed by atoms with Crippen LogP contribution in [0.3, 0.4) is 0 Å². The Balaban J connectivity index is 1.13. The maximum absolute atomic E-state index is 12.8. The van der Waals surface area contributed by atoms with Crippen LogP contribution >= 0.6 is 0 Å². The summed E-state index contributed by atoms with van der Waals surface area (Å²) in [6.07, 6.45) is 1.78. The van der Waals surface area contributed by atoms with Gasteiger partial charge in [0.2, 0.25) is 5.91 Å². The molecule has 3 aliphatic carbocycles. The fraction of sp³-hybridized carbons (Fsp3) is 0.444. The number of rotatable bonds is 8. The largest absolute Gasteiger partial charge is 0.481 e. The molecule has 2 aromatic carbocycles. The van der Waals surface area contributed by atoms with Gasteiger partial charge in [0.25, 0.3) is 0 Å². The number of nitrogens with one attached hydrogen (secondary N) is 2. The van der Waals surface area contributed by atoms with Gasteiger partial charge in [0.1, 0.15) is 6.61 Å². The molecule has 178 valence electrons. The number of amides is 2. The van der Waals surface area contributed by atoms with E-state index in [1.807, 2.05) is 31.2 Å². The second-order valence-corrected chi connectivity index (χ2v) is 10.1. The van der Waals surface area contributed by atoms with Crippen molar-refractivity contribution in [3.63, 3.8) is 0 Å². The monoisotopic (exact) mass is 462 g/mol. The quantitative estimate of drug-likeness (QED) is 0.552. The summed E-state index contributed by atoms with van der Waals surface area (Å²) in [5.41, 5.74) is 4.30. The molecule has 1 unspecified atom stereocenters. The lowest BCUT2D eigenvalue weighted by Crippen LogP contribution is -2.39. The van der Waals surface area contributed by atoms with Crippen LogP contribution in [0, 0.1) is 17.3 Å². The second kappa shape index (κ2) is 8.78. The third-order valence-corrected chi connectivity index (χ3v) is 7.66. The molecule has 4 atom stereocenters. The summed E-state index contributed by atoms with van der Waals surface area (Å²) in [6, 6.07) is 16.4. The minimum absolute atomic E-state index is 0.0139. The minimum Gasteiger partial charge on any atom is -0.481 e. The van der Waals surface area contributed by atoms with Crippen LogP contribution in [0.1, 0.15) is 49.7 Å². The van der Waals surface area contributed by atoms with Crippen LogP contribution in [0.15, 0.2) is 48.5 Å². The summed E-state index contributed by atoms with van der Waals surface area (Å²) in [4.78, 5) is 36.2. The lowest BCUT2D eigenvalue weighted by Gasteiger charge is -2.20. The van der Waals surface area contributed by atoms with E-state index in [4.69, 9.17) is 9.84 Å². The van der Waals surface area contributed by atoms with E-state index in [1.54, 1.807) is 0 Å². The molecule has 0 aliphatic heterocycles. The van der Waals surface area contributed by atoms with Gasteiger partial charge in [0, 0.05) is 24.9 Å². The van der Waals surface area contributed by atoms with Crippen LogP contribution in [0.4, 0.5) is 4.79 Å². The van der Waals surface area contributed by atoms with Gasteiger partial charge in [0.05, 0.1) is 5.41 Å². The summed E-state index contributed by atoms with van der Waals surface area (Å²) in [5.74, 6) is -0.726. The molecule has 0 spiro atoms. The van der Waals surface area contributed by atoms with Gasteiger partial charge in [-0.1, -0.05) is 55.5 Å². The Hall–Kier alpha value is -3.35. The molecule has 2 fully saturated rings. The van der Waals surface area contributed by atoms with Gasteiger partial charge in [-0.15, -0.1) is 0 Å². The molecule has 7 heteroatoms. The number of benzene rings is 2. The van der Waals surface area contributed by atoms with Gasteiger partial charge in [-0.3, -0.25) is 9.59 Å². The Bertz CT molecular complexity index is 1090. The van der Waals surface area contributed by atoms with Crippen molar-refractivity contribution in [1.29, 1.82) is 0 Å². The zero-order chi connectivity index (χ0) is 23.9. The Morgan fingerprint density at radius 3 is 2.35 bits per heavy atom. The van der Waals surface area contributed by atoms with E-state index in [9.17, 15) is 14.4 Å². The maximum Gasteiger partial charge on any atom is 0.407 e. The maximum atomic E-state index is 12.8. The fourth-order valence-corrected chi connectivity index (χ4v) is 5.91. The summed E-state index contributed by atoms with van der Waals surface area (Å²) in [5, 5.41) is 14.8. The Kier molecular flexibility index (Phi) is 5.80. The van der Waals surface area contributed by atoms with Gasteiger partial charge in [0.15, 0.2) is 0 Å². The highest BCUT2D eigenvalue weighted by atomic mass is 16.5. The molecule has 34 heavy (non-hydrogen) atoms. The Labute approximate surface area is 198 Å². The number of fused-ring (bicyclic) bond motifs is 4. The van der Waals surface area contributed by atoms with Crippen molar-refractivity contribution < 1.29 is 24.2 Å². The van der Waals surface area contributed by atoms with Crippen molar-refractivity contribution >= 4 is 18.0 Å². The zero-order valence-corrected chi connectivity index (χ0v) is 19.3. The molecule has 2 saturated carbocycles. The number of carbonyl (C=O) groups is 3. The molecule has 5 rings (SSSR count). The number of carboxylic acids is 1. The molecule has 0 heterocycles. The van der Waals surface area contributed by atoms with Crippen molar-refractivity contribution in [2.24, 2.45) is 17.3 Å². The number of alkyl carbamates (subject to hydrolysis) is 1. The van der Waals surface area contributed by atoms with Crippen LogP contribution in [0.2, 0.25) is 0 Å². The number of hydrogen-bond acceptors (Lipinski definition) is 4. The van der Waals surface area contributed by atoms with E-state index in [0.717, 1.165) is 12.8 Å². The standard InChI is InChI=1S/C27H30N2O5/c1-16(10-24(30)31)14-28-25(32)27-12-17(27)11-18(13-27)29-26(33)34-15-23-21-8-4-2-6-19(21)20-7-3-5-9-22(20)23/h2-9,16-18,23H,10-15H2,1H3,(H,28,32)(H,29,33)(H,30,31)/t16?,17-,18+,27+/m1/s1. The van der Waals surface area contributed by atoms with Crippen molar-refractivity contribution in [2.75, 3.05) is 13.2 Å². The van der Waals surface area contributed by atoms with Crippen LogP contribution in [0.25, 0.3) is 11.1 Å². The molecule has 0 saturated heterocycles. The number of ether oxygens (including phenoxy) is 1. The third kappa shape index (κ3) is 4.15. The van der Waals surface area contributed by atoms with E-state index in [-0.39, 0.29) is 42.7 Å². The highest BCUT2D eigenvalue weighted by Gasteiger charge is 2.65. The number of carbonyl (C=O) groups excluding carboxylic acids is 2. The normalized spacial score (nSPS) is 25.0. The molecule has 0 radical (unpaired) electrons. The summed E-state index contributed by atoms with van der Waals surface area (Å²) < 4.78 is 5.65. The van der Waals surface area contributed by atoms with Gasteiger partial charge in [-0.2, -0.15) is 0 Å². The number of hydrogen-bond donors (Lipinski definition) is 3. The topological polar surface area (TPSA) is 105 Å². The zero-order valence-electron chi connectivity index (χ0n) is 19.3. The van der Waals surface area contributed by atoms with Gasteiger partial charge in [-0.05, 0) is 53.4 Å². The molecule has 2 aromatic rings. The average molecular weight is 463 g/mol. The van der Waals surface area contributed by atoms with Crippen LogP contribution in [0.5, 0.6) is 0 Å². The lowest BCUT2D eigenvalue weighted by atomic mass is 9.98. The predicted molar refractivity (Wildman–Crippen MR) is 126 cm³/mol. The van der Waals surface area contributed by atoms with Crippen molar-refractivity contribution in [1.82, 2.24) is 10.6 Å². The molecular formula is C27H30N2O5. The first kappa shape index (κ1) is 22.4. The summed E-state index contributed by atoms with van der Waals surface area (Å²) in [6.45, 7) is 2.43. The molecule has 3 aliphatic rings. The van der Waals surface area contributed by atoms with E-state index in [1.165, 1.54) is 22.3 Å². The molecule has 0 aromatic heterocycles.